The quantitative estimate of drug-likeness (QED) is 0.915. The van der Waals surface area contributed by atoms with Gasteiger partial charge in [0.1, 0.15) is 18.2 Å². The van der Waals surface area contributed by atoms with Gasteiger partial charge in [-0.2, -0.15) is 0 Å². The molecule has 0 radical (unpaired) electrons. The first-order valence-corrected chi connectivity index (χ1v) is 6.36. The molecule has 2 aromatic carbocycles. The van der Waals surface area contributed by atoms with Crippen LogP contribution in [0.3, 0.4) is 0 Å². The summed E-state index contributed by atoms with van der Waals surface area (Å²) in [6, 6.07) is 11.7. The summed E-state index contributed by atoms with van der Waals surface area (Å²) in [5.41, 5.74) is 7.43. The van der Waals surface area contributed by atoms with Crippen molar-refractivity contribution in [2.24, 2.45) is 5.73 Å². The summed E-state index contributed by atoms with van der Waals surface area (Å²) in [6.07, 6.45) is 0. The minimum atomic E-state index is -0.324. The smallest absolute Gasteiger partial charge is 0.123 e. The molecule has 19 heavy (non-hydrogen) atoms. The SMILES string of the molecule is C[C@@H](N)c1ccc(OCc2cc(F)ccc2Cl)cc1. The van der Waals surface area contributed by atoms with Gasteiger partial charge in [0, 0.05) is 16.6 Å². The highest BCUT2D eigenvalue weighted by Gasteiger charge is 2.04. The molecule has 0 saturated heterocycles. The van der Waals surface area contributed by atoms with Gasteiger partial charge in [0.05, 0.1) is 0 Å². The molecule has 0 aliphatic heterocycles. The van der Waals surface area contributed by atoms with Gasteiger partial charge < -0.3 is 10.5 Å². The Bertz CT molecular complexity index is 555. The molecule has 0 aliphatic rings. The molecular formula is C15H15ClFNO. The van der Waals surface area contributed by atoms with E-state index in [1.165, 1.54) is 18.2 Å². The minimum absolute atomic E-state index is 0.00767. The van der Waals surface area contributed by atoms with E-state index in [0.717, 1.165) is 5.56 Å². The normalized spacial score (nSPS) is 12.2. The second kappa shape index (κ2) is 6.04. The van der Waals surface area contributed by atoms with Crippen LogP contribution in [0.4, 0.5) is 4.39 Å². The molecule has 0 unspecified atom stereocenters. The highest BCUT2D eigenvalue weighted by molar-refractivity contribution is 6.31. The minimum Gasteiger partial charge on any atom is -0.489 e. The van der Waals surface area contributed by atoms with Gasteiger partial charge in [-0.1, -0.05) is 23.7 Å². The average Bonchev–Trinajstić information content (AvgIpc) is 2.40. The first-order valence-electron chi connectivity index (χ1n) is 5.98. The summed E-state index contributed by atoms with van der Waals surface area (Å²) < 4.78 is 18.7. The van der Waals surface area contributed by atoms with Gasteiger partial charge in [0.2, 0.25) is 0 Å². The van der Waals surface area contributed by atoms with Crippen molar-refractivity contribution in [1.82, 2.24) is 0 Å². The van der Waals surface area contributed by atoms with Crippen LogP contribution in [0.1, 0.15) is 24.1 Å². The molecule has 2 aromatic rings. The zero-order chi connectivity index (χ0) is 13.8. The van der Waals surface area contributed by atoms with Crippen LogP contribution in [0.15, 0.2) is 42.5 Å². The van der Waals surface area contributed by atoms with Crippen LogP contribution < -0.4 is 10.5 Å². The van der Waals surface area contributed by atoms with Gasteiger partial charge in [-0.05, 0) is 42.8 Å². The number of hydrogen-bond donors (Lipinski definition) is 1. The number of benzene rings is 2. The zero-order valence-corrected chi connectivity index (χ0v) is 11.3. The van der Waals surface area contributed by atoms with Crippen molar-refractivity contribution in [3.05, 3.63) is 64.4 Å². The van der Waals surface area contributed by atoms with Crippen LogP contribution >= 0.6 is 11.6 Å². The lowest BCUT2D eigenvalue weighted by Crippen LogP contribution is -2.04. The first-order chi connectivity index (χ1) is 9.06. The number of rotatable bonds is 4. The van der Waals surface area contributed by atoms with E-state index < -0.39 is 0 Å². The Morgan fingerprint density at radius 3 is 2.53 bits per heavy atom. The summed E-state index contributed by atoms with van der Waals surface area (Å²) in [5.74, 6) is 0.375. The molecule has 0 saturated carbocycles. The number of hydrogen-bond acceptors (Lipinski definition) is 2. The largest absolute Gasteiger partial charge is 0.489 e. The predicted octanol–water partition coefficient (Wildman–Crippen LogP) is 4.08. The Labute approximate surface area is 117 Å². The van der Waals surface area contributed by atoms with E-state index in [4.69, 9.17) is 22.1 Å². The molecule has 0 aromatic heterocycles. The van der Waals surface area contributed by atoms with Crippen LogP contribution in [0.5, 0.6) is 5.75 Å². The Kier molecular flexibility index (Phi) is 4.40. The zero-order valence-electron chi connectivity index (χ0n) is 10.6. The van der Waals surface area contributed by atoms with Crippen molar-refractivity contribution in [1.29, 1.82) is 0 Å². The molecule has 0 fully saturated rings. The van der Waals surface area contributed by atoms with Crippen LogP contribution in [-0.2, 0) is 6.61 Å². The maximum atomic E-state index is 13.1. The Morgan fingerprint density at radius 2 is 1.89 bits per heavy atom. The summed E-state index contributed by atoms with van der Waals surface area (Å²) in [6.45, 7) is 2.15. The van der Waals surface area contributed by atoms with E-state index in [-0.39, 0.29) is 18.5 Å². The van der Waals surface area contributed by atoms with Gasteiger partial charge in [-0.3, -0.25) is 0 Å². The van der Waals surface area contributed by atoms with E-state index in [1.54, 1.807) is 0 Å². The molecule has 2 rings (SSSR count). The maximum Gasteiger partial charge on any atom is 0.123 e. The number of halogens is 2. The van der Waals surface area contributed by atoms with E-state index in [0.29, 0.717) is 16.3 Å². The molecule has 100 valence electrons. The molecule has 0 spiro atoms. The third kappa shape index (κ3) is 3.69. The van der Waals surface area contributed by atoms with Crippen LogP contribution in [0.2, 0.25) is 5.02 Å². The van der Waals surface area contributed by atoms with Crippen molar-refractivity contribution in [3.63, 3.8) is 0 Å². The highest BCUT2D eigenvalue weighted by atomic mass is 35.5. The standard InChI is InChI=1S/C15H15ClFNO/c1-10(18)11-2-5-14(6-3-11)19-9-12-8-13(17)4-7-15(12)16/h2-8,10H,9,18H2,1H3/t10-/m1/s1. The van der Waals surface area contributed by atoms with Gasteiger partial charge >= 0.3 is 0 Å². The van der Waals surface area contributed by atoms with Crippen LogP contribution in [-0.4, -0.2) is 0 Å². The molecule has 0 bridgehead atoms. The van der Waals surface area contributed by atoms with E-state index >= 15 is 0 Å². The van der Waals surface area contributed by atoms with Crippen molar-refractivity contribution in [2.75, 3.05) is 0 Å². The van der Waals surface area contributed by atoms with E-state index in [2.05, 4.69) is 0 Å². The molecule has 4 heteroatoms. The van der Waals surface area contributed by atoms with Crippen molar-refractivity contribution in [3.8, 4) is 5.75 Å². The topological polar surface area (TPSA) is 35.2 Å². The monoisotopic (exact) mass is 279 g/mol. The molecule has 0 heterocycles. The van der Waals surface area contributed by atoms with Crippen LogP contribution in [0.25, 0.3) is 0 Å². The second-order valence-electron chi connectivity index (χ2n) is 4.38. The highest BCUT2D eigenvalue weighted by Crippen LogP contribution is 2.21. The Balaban J connectivity index is 2.04. The maximum absolute atomic E-state index is 13.1. The molecule has 0 aliphatic carbocycles. The van der Waals surface area contributed by atoms with Crippen molar-refractivity contribution < 1.29 is 9.13 Å². The summed E-state index contributed by atoms with van der Waals surface area (Å²) in [5, 5.41) is 0.494. The molecule has 2 N–H and O–H groups in total. The Morgan fingerprint density at radius 1 is 1.21 bits per heavy atom. The van der Waals surface area contributed by atoms with Gasteiger partial charge in [0.15, 0.2) is 0 Å². The second-order valence-corrected chi connectivity index (χ2v) is 4.79. The Hall–Kier alpha value is -1.58. The number of ether oxygens (including phenoxy) is 1. The van der Waals surface area contributed by atoms with Crippen LogP contribution in [0, 0.1) is 5.82 Å². The molecule has 1 atom stereocenters. The van der Waals surface area contributed by atoms with Gasteiger partial charge in [0.25, 0.3) is 0 Å². The summed E-state index contributed by atoms with van der Waals surface area (Å²) in [4.78, 5) is 0. The third-order valence-electron chi connectivity index (χ3n) is 2.81. The van der Waals surface area contributed by atoms with E-state index in [9.17, 15) is 4.39 Å². The summed E-state index contributed by atoms with van der Waals surface area (Å²) >= 11 is 5.97. The molecule has 0 amide bonds. The first kappa shape index (κ1) is 13.8. The lowest BCUT2D eigenvalue weighted by Gasteiger charge is -2.10. The van der Waals surface area contributed by atoms with Crippen molar-refractivity contribution in [2.45, 2.75) is 19.6 Å². The summed E-state index contributed by atoms with van der Waals surface area (Å²) in [7, 11) is 0. The number of nitrogens with two attached hydrogens (primary N) is 1. The fourth-order valence-corrected chi connectivity index (χ4v) is 1.85. The third-order valence-corrected chi connectivity index (χ3v) is 3.18. The molecular weight excluding hydrogens is 265 g/mol. The lowest BCUT2D eigenvalue weighted by atomic mass is 10.1. The fraction of sp³-hybridized carbons (Fsp3) is 0.200. The average molecular weight is 280 g/mol. The van der Waals surface area contributed by atoms with Gasteiger partial charge in [-0.15, -0.1) is 0 Å². The van der Waals surface area contributed by atoms with Crippen molar-refractivity contribution >= 4 is 11.6 Å². The van der Waals surface area contributed by atoms with E-state index in [1.807, 2.05) is 31.2 Å². The molecule has 2 nitrogen and oxygen atoms in total. The lowest BCUT2D eigenvalue weighted by molar-refractivity contribution is 0.305. The van der Waals surface area contributed by atoms with Gasteiger partial charge in [-0.25, -0.2) is 4.39 Å². The fourth-order valence-electron chi connectivity index (χ4n) is 1.68. The predicted molar refractivity (Wildman–Crippen MR) is 74.8 cm³/mol.